The summed E-state index contributed by atoms with van der Waals surface area (Å²) in [5, 5.41) is 9.41. The number of aliphatic hydroxyl groups excluding tert-OH is 1. The molecule has 0 aromatic heterocycles. The minimum absolute atomic E-state index is 0.196. The van der Waals surface area contributed by atoms with E-state index in [1.165, 1.54) is 8.61 Å². The van der Waals surface area contributed by atoms with Crippen molar-refractivity contribution >= 4 is 10.2 Å². The Morgan fingerprint density at radius 2 is 2.06 bits per heavy atom. The Morgan fingerprint density at radius 1 is 1.39 bits per heavy atom. The van der Waals surface area contributed by atoms with Gasteiger partial charge in [-0.25, -0.2) is 0 Å². The second kappa shape index (κ2) is 5.36. The van der Waals surface area contributed by atoms with Gasteiger partial charge in [0.15, 0.2) is 0 Å². The van der Waals surface area contributed by atoms with E-state index in [1.54, 1.807) is 7.05 Å². The van der Waals surface area contributed by atoms with E-state index in [2.05, 4.69) is 0 Å². The Hall–Kier alpha value is -0.950. The molecule has 5 nitrogen and oxygen atoms in total. The summed E-state index contributed by atoms with van der Waals surface area (Å²) in [6.07, 6.45) is -0.0248. The summed E-state index contributed by atoms with van der Waals surface area (Å²) in [5.41, 5.74) is 0.948. The summed E-state index contributed by atoms with van der Waals surface area (Å²) in [7, 11) is -1.90. The van der Waals surface area contributed by atoms with Crippen LogP contribution >= 0.6 is 0 Å². The van der Waals surface area contributed by atoms with E-state index in [1.807, 2.05) is 30.3 Å². The van der Waals surface area contributed by atoms with Crippen molar-refractivity contribution in [2.45, 2.75) is 19.1 Å². The summed E-state index contributed by atoms with van der Waals surface area (Å²) < 4.78 is 27.1. The molecule has 0 amide bonds. The first-order chi connectivity index (χ1) is 8.50. The molecule has 0 bridgehead atoms. The predicted molar refractivity (Wildman–Crippen MR) is 69.0 cm³/mol. The predicted octanol–water partition coefficient (Wildman–Crippen LogP) is 0.430. The second-order valence-corrected chi connectivity index (χ2v) is 6.59. The standard InChI is InChI=1S/C12H18N2O3S/c1-13(9-11-5-3-2-4-6-11)18(16,17)14-8-7-12(15)10-14/h2-6,12,15H,7-10H2,1H3. The molecule has 1 heterocycles. The number of nitrogens with zero attached hydrogens (tertiary/aromatic N) is 2. The fourth-order valence-electron chi connectivity index (χ4n) is 2.04. The average molecular weight is 270 g/mol. The van der Waals surface area contributed by atoms with Gasteiger partial charge in [-0.1, -0.05) is 30.3 Å². The smallest absolute Gasteiger partial charge is 0.282 e. The van der Waals surface area contributed by atoms with E-state index in [4.69, 9.17) is 0 Å². The molecule has 1 aromatic rings. The van der Waals surface area contributed by atoms with Crippen LogP contribution in [0.25, 0.3) is 0 Å². The van der Waals surface area contributed by atoms with Crippen molar-refractivity contribution in [2.24, 2.45) is 0 Å². The third kappa shape index (κ3) is 2.89. The lowest BCUT2D eigenvalue weighted by atomic mass is 10.2. The van der Waals surface area contributed by atoms with Crippen LogP contribution in [0.5, 0.6) is 0 Å². The summed E-state index contributed by atoms with van der Waals surface area (Å²) >= 11 is 0. The van der Waals surface area contributed by atoms with Crippen LogP contribution in [0, 0.1) is 0 Å². The number of benzene rings is 1. The molecule has 1 aliphatic rings. The van der Waals surface area contributed by atoms with E-state index in [9.17, 15) is 13.5 Å². The first kappa shape index (κ1) is 13.5. The van der Waals surface area contributed by atoms with Crippen molar-refractivity contribution in [3.8, 4) is 0 Å². The SMILES string of the molecule is CN(Cc1ccccc1)S(=O)(=O)N1CCC(O)C1. The molecule has 1 atom stereocenters. The highest BCUT2D eigenvalue weighted by Gasteiger charge is 2.33. The molecule has 2 rings (SSSR count). The highest BCUT2D eigenvalue weighted by Crippen LogP contribution is 2.17. The van der Waals surface area contributed by atoms with Crippen molar-refractivity contribution in [1.82, 2.24) is 8.61 Å². The molecule has 100 valence electrons. The highest BCUT2D eigenvalue weighted by atomic mass is 32.2. The van der Waals surface area contributed by atoms with Crippen LogP contribution in [0.4, 0.5) is 0 Å². The maximum Gasteiger partial charge on any atom is 0.282 e. The van der Waals surface area contributed by atoms with Gasteiger partial charge >= 0.3 is 0 Å². The molecule has 0 aliphatic carbocycles. The van der Waals surface area contributed by atoms with Crippen molar-refractivity contribution in [3.63, 3.8) is 0 Å². The van der Waals surface area contributed by atoms with Crippen molar-refractivity contribution in [3.05, 3.63) is 35.9 Å². The van der Waals surface area contributed by atoms with E-state index in [-0.39, 0.29) is 6.54 Å². The molecule has 1 fully saturated rings. The van der Waals surface area contributed by atoms with Crippen molar-refractivity contribution < 1.29 is 13.5 Å². The molecule has 1 saturated heterocycles. The van der Waals surface area contributed by atoms with Gasteiger partial charge in [0.25, 0.3) is 10.2 Å². The molecule has 1 N–H and O–H groups in total. The molecule has 0 radical (unpaired) electrons. The fourth-order valence-corrected chi connectivity index (χ4v) is 3.44. The lowest BCUT2D eigenvalue weighted by Crippen LogP contribution is -2.40. The van der Waals surface area contributed by atoms with Crippen molar-refractivity contribution in [1.29, 1.82) is 0 Å². The zero-order chi connectivity index (χ0) is 13.2. The van der Waals surface area contributed by atoms with Gasteiger partial charge in [-0.15, -0.1) is 0 Å². The minimum Gasteiger partial charge on any atom is -0.392 e. The molecule has 0 spiro atoms. The number of hydrogen-bond donors (Lipinski definition) is 1. The molecular formula is C12H18N2O3S. The summed E-state index contributed by atoms with van der Waals surface area (Å²) in [6.45, 7) is 0.930. The van der Waals surface area contributed by atoms with E-state index in [0.717, 1.165) is 5.56 Å². The van der Waals surface area contributed by atoms with Gasteiger partial charge in [0.1, 0.15) is 0 Å². The lowest BCUT2D eigenvalue weighted by Gasteiger charge is -2.23. The van der Waals surface area contributed by atoms with Crippen LogP contribution in [0.15, 0.2) is 30.3 Å². The molecule has 1 aromatic carbocycles. The van der Waals surface area contributed by atoms with Crippen LogP contribution in [0.2, 0.25) is 0 Å². The molecule has 0 saturated carbocycles. The first-order valence-corrected chi connectivity index (χ1v) is 7.33. The fraction of sp³-hybridized carbons (Fsp3) is 0.500. The van der Waals surface area contributed by atoms with Crippen LogP contribution in [-0.4, -0.2) is 48.4 Å². The maximum absolute atomic E-state index is 12.2. The zero-order valence-electron chi connectivity index (χ0n) is 10.4. The van der Waals surface area contributed by atoms with Crippen LogP contribution in [-0.2, 0) is 16.8 Å². The normalized spacial score (nSPS) is 21.6. The largest absolute Gasteiger partial charge is 0.392 e. The Morgan fingerprint density at radius 3 is 2.61 bits per heavy atom. The Balaban J connectivity index is 2.06. The van der Waals surface area contributed by atoms with Crippen molar-refractivity contribution in [2.75, 3.05) is 20.1 Å². The Kier molecular flexibility index (Phi) is 4.01. The molecule has 1 unspecified atom stereocenters. The molecule has 6 heteroatoms. The molecule has 1 aliphatic heterocycles. The van der Waals surface area contributed by atoms with Gasteiger partial charge in [-0.2, -0.15) is 17.0 Å². The van der Waals surface area contributed by atoms with Gasteiger partial charge in [0, 0.05) is 26.7 Å². The van der Waals surface area contributed by atoms with Gasteiger partial charge in [0.05, 0.1) is 6.10 Å². The van der Waals surface area contributed by atoms with Gasteiger partial charge < -0.3 is 5.11 Å². The van der Waals surface area contributed by atoms with E-state index in [0.29, 0.717) is 19.5 Å². The van der Waals surface area contributed by atoms with Crippen LogP contribution in [0.3, 0.4) is 0 Å². The van der Waals surface area contributed by atoms with Gasteiger partial charge in [-0.05, 0) is 12.0 Å². The number of rotatable bonds is 4. The minimum atomic E-state index is -3.46. The average Bonchev–Trinajstić information content (AvgIpc) is 2.78. The molecular weight excluding hydrogens is 252 g/mol. The van der Waals surface area contributed by atoms with Gasteiger partial charge in [0.2, 0.25) is 0 Å². The third-order valence-corrected chi connectivity index (χ3v) is 5.00. The van der Waals surface area contributed by atoms with Crippen LogP contribution < -0.4 is 0 Å². The van der Waals surface area contributed by atoms with Crippen LogP contribution in [0.1, 0.15) is 12.0 Å². The highest BCUT2D eigenvalue weighted by molar-refractivity contribution is 7.86. The quantitative estimate of drug-likeness (QED) is 0.863. The third-order valence-electron chi connectivity index (χ3n) is 3.09. The summed E-state index contributed by atoms with van der Waals surface area (Å²) in [6, 6.07) is 9.45. The number of hydrogen-bond acceptors (Lipinski definition) is 3. The lowest BCUT2D eigenvalue weighted by molar-refractivity contribution is 0.188. The Labute approximate surface area is 108 Å². The first-order valence-electron chi connectivity index (χ1n) is 5.93. The number of aliphatic hydroxyl groups is 1. The van der Waals surface area contributed by atoms with E-state index >= 15 is 0 Å². The second-order valence-electron chi connectivity index (χ2n) is 4.55. The summed E-state index contributed by atoms with van der Waals surface area (Å²) in [4.78, 5) is 0. The maximum atomic E-state index is 12.2. The topological polar surface area (TPSA) is 60.9 Å². The van der Waals surface area contributed by atoms with Gasteiger partial charge in [-0.3, -0.25) is 0 Å². The molecule has 18 heavy (non-hydrogen) atoms. The number of β-amino-alcohol motifs (C(OH)–C–C–N with tert-alkyl or cyclic N) is 1. The zero-order valence-corrected chi connectivity index (χ0v) is 11.2. The monoisotopic (exact) mass is 270 g/mol. The van der Waals surface area contributed by atoms with E-state index < -0.39 is 16.3 Å². The Bertz CT molecular complexity index is 489. The summed E-state index contributed by atoms with van der Waals surface area (Å²) in [5.74, 6) is 0.